The van der Waals surface area contributed by atoms with Crippen molar-refractivity contribution < 1.29 is 19.1 Å². The molecule has 2 aliphatic rings. The molecule has 156 valence electrons. The summed E-state index contributed by atoms with van der Waals surface area (Å²) in [7, 11) is 1.60. The largest absolute Gasteiger partial charge is 0.493 e. The first-order valence-electron chi connectivity index (χ1n) is 10.4. The molecule has 2 aromatic rings. The van der Waals surface area contributed by atoms with Crippen LogP contribution in [0.5, 0.6) is 11.5 Å². The number of ketones is 1. The molecule has 30 heavy (non-hydrogen) atoms. The number of hydrogen-bond acceptors (Lipinski definition) is 4. The normalized spacial score (nSPS) is 21.2. The van der Waals surface area contributed by atoms with Crippen LogP contribution in [0.2, 0.25) is 0 Å². The lowest BCUT2D eigenvalue weighted by atomic mass is 9.73. The number of amides is 1. The zero-order valence-corrected chi connectivity index (χ0v) is 17.7. The zero-order valence-electron chi connectivity index (χ0n) is 17.7. The van der Waals surface area contributed by atoms with Crippen LogP contribution in [0.25, 0.3) is 0 Å². The van der Waals surface area contributed by atoms with Crippen LogP contribution in [0.4, 0.5) is 0 Å². The summed E-state index contributed by atoms with van der Waals surface area (Å²) in [5.74, 6) is 1.01. The Bertz CT molecular complexity index is 1010. The molecule has 1 heterocycles. The van der Waals surface area contributed by atoms with E-state index in [2.05, 4.69) is 29.6 Å². The lowest BCUT2D eigenvalue weighted by Crippen LogP contribution is -2.38. The van der Waals surface area contributed by atoms with Gasteiger partial charge < -0.3 is 14.8 Å². The predicted octanol–water partition coefficient (Wildman–Crippen LogP) is 4.41. The third-order valence-electron chi connectivity index (χ3n) is 5.98. The van der Waals surface area contributed by atoms with Gasteiger partial charge in [-0.05, 0) is 37.8 Å². The maximum atomic E-state index is 13.3. The minimum Gasteiger partial charge on any atom is -0.493 e. The second-order valence-corrected chi connectivity index (χ2v) is 7.95. The van der Waals surface area contributed by atoms with Gasteiger partial charge in [0.2, 0.25) is 5.91 Å². The number of Topliss-reactive ketones (excluding diaryl/α,β-unsaturated/α-hetero) is 1. The number of benzene rings is 2. The maximum Gasteiger partial charge on any atom is 0.225 e. The molecular weight excluding hydrogens is 378 g/mol. The summed E-state index contributed by atoms with van der Waals surface area (Å²) in [6.45, 7) is 4.43. The molecule has 1 aliphatic heterocycles. The maximum absolute atomic E-state index is 13.3. The summed E-state index contributed by atoms with van der Waals surface area (Å²) in [6.07, 6.45) is 1.33. The number of allylic oxidation sites excluding steroid dienone is 2. The van der Waals surface area contributed by atoms with Gasteiger partial charge in [-0.3, -0.25) is 9.59 Å². The highest BCUT2D eigenvalue weighted by molar-refractivity contribution is 6.02. The van der Waals surface area contributed by atoms with E-state index in [-0.39, 0.29) is 29.9 Å². The molecule has 4 rings (SSSR count). The van der Waals surface area contributed by atoms with Gasteiger partial charge in [-0.1, -0.05) is 42.0 Å². The Morgan fingerprint density at radius 2 is 1.80 bits per heavy atom. The fourth-order valence-electron chi connectivity index (χ4n) is 4.57. The monoisotopic (exact) mass is 405 g/mol. The van der Waals surface area contributed by atoms with E-state index in [0.717, 1.165) is 16.8 Å². The van der Waals surface area contributed by atoms with Crippen molar-refractivity contribution in [1.29, 1.82) is 0 Å². The molecule has 2 aromatic carbocycles. The van der Waals surface area contributed by atoms with Gasteiger partial charge >= 0.3 is 0 Å². The van der Waals surface area contributed by atoms with Crippen molar-refractivity contribution in [2.75, 3.05) is 13.7 Å². The Labute approximate surface area is 177 Å². The van der Waals surface area contributed by atoms with Gasteiger partial charge in [0.25, 0.3) is 0 Å². The molecule has 1 aliphatic carbocycles. The van der Waals surface area contributed by atoms with Gasteiger partial charge in [-0.15, -0.1) is 0 Å². The Morgan fingerprint density at radius 1 is 1.03 bits per heavy atom. The molecule has 2 unspecified atom stereocenters. The topological polar surface area (TPSA) is 64.6 Å². The molecule has 5 heteroatoms. The Kier molecular flexibility index (Phi) is 5.62. The van der Waals surface area contributed by atoms with Crippen LogP contribution in [0.1, 0.15) is 54.7 Å². The van der Waals surface area contributed by atoms with E-state index in [0.29, 0.717) is 36.5 Å². The second-order valence-electron chi connectivity index (χ2n) is 7.95. The van der Waals surface area contributed by atoms with E-state index in [9.17, 15) is 9.59 Å². The number of hydrogen-bond donors (Lipinski definition) is 1. The number of carbonyl (C=O) groups is 2. The molecule has 0 aromatic heterocycles. The summed E-state index contributed by atoms with van der Waals surface area (Å²) < 4.78 is 11.4. The van der Waals surface area contributed by atoms with Crippen LogP contribution in [0.3, 0.4) is 0 Å². The molecule has 0 spiro atoms. The number of methoxy groups -OCH3 is 1. The number of carbonyl (C=O) groups excluding carboxylic acids is 2. The summed E-state index contributed by atoms with van der Waals surface area (Å²) in [5.41, 5.74) is 4.62. The standard InChI is InChI=1S/C25H27NO4/c1-4-30-25-18(6-5-7-22(25)29-3)19-14-23(28)26-20-12-17(13-21(27)24(19)20)16-10-8-15(2)9-11-16/h5-11,17,19H,4,12-14H2,1-3H3,(H,26,28). The highest BCUT2D eigenvalue weighted by Gasteiger charge is 2.39. The summed E-state index contributed by atoms with van der Waals surface area (Å²) in [4.78, 5) is 25.9. The summed E-state index contributed by atoms with van der Waals surface area (Å²) in [6, 6.07) is 13.9. The van der Waals surface area contributed by atoms with Gasteiger partial charge in [-0.25, -0.2) is 0 Å². The highest BCUT2D eigenvalue weighted by Crippen LogP contribution is 2.46. The van der Waals surface area contributed by atoms with Crippen molar-refractivity contribution in [2.24, 2.45) is 0 Å². The van der Waals surface area contributed by atoms with Crippen LogP contribution in [-0.2, 0) is 9.59 Å². The first-order valence-corrected chi connectivity index (χ1v) is 10.4. The van der Waals surface area contributed by atoms with Crippen molar-refractivity contribution in [3.05, 3.63) is 70.4 Å². The van der Waals surface area contributed by atoms with E-state index in [1.807, 2.05) is 32.0 Å². The van der Waals surface area contributed by atoms with Crippen LogP contribution in [-0.4, -0.2) is 25.4 Å². The van der Waals surface area contributed by atoms with E-state index < -0.39 is 0 Å². The first-order chi connectivity index (χ1) is 14.5. The summed E-state index contributed by atoms with van der Waals surface area (Å²) >= 11 is 0. The molecule has 1 N–H and O–H groups in total. The second kappa shape index (κ2) is 8.34. The van der Waals surface area contributed by atoms with Gasteiger partial charge in [-0.2, -0.15) is 0 Å². The van der Waals surface area contributed by atoms with E-state index >= 15 is 0 Å². The third-order valence-corrected chi connectivity index (χ3v) is 5.98. The fourth-order valence-corrected chi connectivity index (χ4v) is 4.57. The first kappa shape index (κ1) is 20.2. The number of para-hydroxylation sites is 1. The minimum absolute atomic E-state index is 0.0682. The van der Waals surface area contributed by atoms with Gasteiger partial charge in [0, 0.05) is 35.6 Å². The predicted molar refractivity (Wildman–Crippen MR) is 115 cm³/mol. The Balaban J connectivity index is 1.75. The molecule has 0 fully saturated rings. The van der Waals surface area contributed by atoms with E-state index in [4.69, 9.17) is 9.47 Å². The third kappa shape index (κ3) is 3.72. The van der Waals surface area contributed by atoms with Crippen molar-refractivity contribution in [3.8, 4) is 11.5 Å². The van der Waals surface area contributed by atoms with E-state index in [1.54, 1.807) is 7.11 Å². The van der Waals surface area contributed by atoms with Crippen LogP contribution in [0.15, 0.2) is 53.7 Å². The Hall–Kier alpha value is -3.08. The average Bonchev–Trinajstić information content (AvgIpc) is 2.73. The minimum atomic E-state index is -0.322. The SMILES string of the molecule is CCOc1c(OC)cccc1C1CC(=O)NC2=C1C(=O)CC(c1ccc(C)cc1)C2. The molecular formula is C25H27NO4. The van der Waals surface area contributed by atoms with E-state index in [1.165, 1.54) is 5.56 Å². The van der Waals surface area contributed by atoms with Gasteiger partial charge in [0.1, 0.15) is 0 Å². The van der Waals surface area contributed by atoms with Crippen molar-refractivity contribution in [3.63, 3.8) is 0 Å². The van der Waals surface area contributed by atoms with Crippen molar-refractivity contribution in [1.82, 2.24) is 5.32 Å². The van der Waals surface area contributed by atoms with Gasteiger partial charge in [0.15, 0.2) is 17.3 Å². The smallest absolute Gasteiger partial charge is 0.225 e. The fraction of sp³-hybridized carbons (Fsp3) is 0.360. The molecule has 2 atom stereocenters. The molecule has 0 saturated carbocycles. The molecule has 0 radical (unpaired) electrons. The molecule has 5 nitrogen and oxygen atoms in total. The zero-order chi connectivity index (χ0) is 21.3. The van der Waals surface area contributed by atoms with Crippen molar-refractivity contribution >= 4 is 11.7 Å². The van der Waals surface area contributed by atoms with Crippen molar-refractivity contribution in [2.45, 2.75) is 44.9 Å². The number of rotatable bonds is 5. The lowest BCUT2D eigenvalue weighted by molar-refractivity contribution is -0.122. The number of aryl methyl sites for hydroxylation is 1. The molecule has 1 amide bonds. The molecule has 0 bridgehead atoms. The van der Waals surface area contributed by atoms with Crippen LogP contribution in [0, 0.1) is 6.92 Å². The van der Waals surface area contributed by atoms with Crippen LogP contribution >= 0.6 is 0 Å². The quantitative estimate of drug-likeness (QED) is 0.800. The molecule has 0 saturated heterocycles. The van der Waals surface area contributed by atoms with Gasteiger partial charge in [0.05, 0.1) is 13.7 Å². The number of ether oxygens (including phenoxy) is 2. The number of nitrogens with one attached hydrogen (secondary N) is 1. The Morgan fingerprint density at radius 3 is 2.50 bits per heavy atom. The summed E-state index contributed by atoms with van der Waals surface area (Å²) in [5, 5.41) is 2.99. The van der Waals surface area contributed by atoms with Crippen LogP contribution < -0.4 is 14.8 Å². The highest BCUT2D eigenvalue weighted by atomic mass is 16.5. The average molecular weight is 405 g/mol. The lowest BCUT2D eigenvalue weighted by Gasteiger charge is -2.35.